The Balaban J connectivity index is 2.88. The van der Waals surface area contributed by atoms with E-state index in [1.54, 1.807) is 53.1 Å². The number of urea groups is 1. The molecule has 0 radical (unpaired) electrons. The van der Waals surface area contributed by atoms with Gasteiger partial charge in [0.1, 0.15) is 11.4 Å². The van der Waals surface area contributed by atoms with Gasteiger partial charge in [0.25, 0.3) is 0 Å². The van der Waals surface area contributed by atoms with Crippen LogP contribution in [0.25, 0.3) is 0 Å². The first-order chi connectivity index (χ1) is 12.1. The number of benzene rings is 1. The van der Waals surface area contributed by atoms with Gasteiger partial charge in [0.2, 0.25) is 0 Å². The molecule has 26 heavy (non-hydrogen) atoms. The molecule has 8 heteroatoms. The molecule has 8 nitrogen and oxygen atoms in total. The Labute approximate surface area is 154 Å². The summed E-state index contributed by atoms with van der Waals surface area (Å²) in [5, 5.41) is 5.41. The second kappa shape index (κ2) is 9.28. The number of likely N-dealkylation sites (N-methyl/N-ethyl adjacent to an activating group) is 1. The number of rotatable bonds is 6. The monoisotopic (exact) mass is 367 g/mol. The number of carbonyl (C=O) groups excluding carboxylic acids is 2. The van der Waals surface area contributed by atoms with E-state index in [1.165, 1.54) is 12.0 Å². The van der Waals surface area contributed by atoms with Crippen LogP contribution < -0.4 is 15.4 Å². The Morgan fingerprint density at radius 1 is 1.19 bits per heavy atom. The van der Waals surface area contributed by atoms with Crippen molar-refractivity contribution in [1.82, 2.24) is 4.90 Å². The predicted molar refractivity (Wildman–Crippen MR) is 101 cm³/mol. The molecule has 0 unspecified atom stereocenters. The van der Waals surface area contributed by atoms with Crippen LogP contribution in [0.5, 0.6) is 5.75 Å². The molecule has 2 N–H and O–H groups in total. The van der Waals surface area contributed by atoms with Crippen LogP contribution in [0.15, 0.2) is 18.2 Å². The first-order valence-corrected chi connectivity index (χ1v) is 8.28. The molecule has 0 aliphatic heterocycles. The number of nitrogens with one attached hydrogen (secondary N) is 2. The third-order valence-electron chi connectivity index (χ3n) is 3.48. The quantitative estimate of drug-likeness (QED) is 0.803. The molecule has 0 spiro atoms. The van der Waals surface area contributed by atoms with Crippen molar-refractivity contribution < 1.29 is 23.8 Å². The number of nitrogens with zero attached hydrogens (tertiary/aromatic N) is 1. The first kappa shape index (κ1) is 21.6. The Kier molecular flexibility index (Phi) is 7.70. The lowest BCUT2D eigenvalue weighted by Gasteiger charge is -2.25. The van der Waals surface area contributed by atoms with Crippen LogP contribution in [-0.2, 0) is 9.47 Å². The van der Waals surface area contributed by atoms with Crippen LogP contribution in [0.3, 0.4) is 0 Å². The fraction of sp³-hybridized carbons (Fsp3) is 0.556. The number of carbonyl (C=O) groups is 2. The van der Waals surface area contributed by atoms with Gasteiger partial charge < -0.3 is 24.4 Å². The van der Waals surface area contributed by atoms with E-state index in [-0.39, 0.29) is 12.1 Å². The molecule has 1 rings (SSSR count). The molecular weight excluding hydrogens is 338 g/mol. The zero-order chi connectivity index (χ0) is 19.9. The van der Waals surface area contributed by atoms with Crippen LogP contribution in [0.4, 0.5) is 21.0 Å². The minimum atomic E-state index is -0.622. The predicted octanol–water partition coefficient (Wildman–Crippen LogP) is 3.54. The molecule has 3 amide bonds. The molecule has 0 aliphatic carbocycles. The Morgan fingerprint density at radius 2 is 1.85 bits per heavy atom. The molecule has 1 aromatic carbocycles. The number of hydrogen-bond donors (Lipinski definition) is 2. The van der Waals surface area contributed by atoms with Crippen molar-refractivity contribution in [3.05, 3.63) is 18.2 Å². The summed E-state index contributed by atoms with van der Waals surface area (Å²) in [6.45, 7) is 7.64. The van der Waals surface area contributed by atoms with E-state index >= 15 is 0 Å². The topological polar surface area (TPSA) is 89.1 Å². The second-order valence-corrected chi connectivity index (χ2v) is 6.89. The van der Waals surface area contributed by atoms with Crippen LogP contribution in [-0.4, -0.2) is 56.5 Å². The lowest BCUT2D eigenvalue weighted by atomic mass is 10.2. The van der Waals surface area contributed by atoms with Gasteiger partial charge in [-0.1, -0.05) is 0 Å². The maximum absolute atomic E-state index is 12.3. The highest BCUT2D eigenvalue weighted by atomic mass is 16.6. The SMILES string of the molecule is COC[C@H](C)N(C)C(=O)Nc1ccc(OC)c(NC(=O)OC(C)(C)C)c1. The van der Waals surface area contributed by atoms with E-state index in [1.807, 2.05) is 6.92 Å². The molecule has 0 bridgehead atoms. The van der Waals surface area contributed by atoms with Gasteiger partial charge in [-0.05, 0) is 45.9 Å². The average molecular weight is 367 g/mol. The van der Waals surface area contributed by atoms with Crippen LogP contribution in [0.1, 0.15) is 27.7 Å². The van der Waals surface area contributed by atoms with E-state index in [2.05, 4.69) is 10.6 Å². The molecular formula is C18H29N3O5. The van der Waals surface area contributed by atoms with Gasteiger partial charge in [-0.15, -0.1) is 0 Å². The molecule has 0 fully saturated rings. The highest BCUT2D eigenvalue weighted by molar-refractivity contribution is 5.92. The van der Waals surface area contributed by atoms with E-state index in [0.717, 1.165) is 0 Å². The van der Waals surface area contributed by atoms with Crippen molar-refractivity contribution in [3.8, 4) is 5.75 Å². The van der Waals surface area contributed by atoms with E-state index in [0.29, 0.717) is 23.7 Å². The lowest BCUT2D eigenvalue weighted by molar-refractivity contribution is 0.0635. The van der Waals surface area contributed by atoms with Crippen molar-refractivity contribution in [1.29, 1.82) is 0 Å². The fourth-order valence-corrected chi connectivity index (χ4v) is 2.06. The normalized spacial score (nSPS) is 12.1. The van der Waals surface area contributed by atoms with Gasteiger partial charge in [0.05, 0.1) is 25.4 Å². The van der Waals surface area contributed by atoms with Crippen molar-refractivity contribution in [2.75, 3.05) is 38.5 Å². The Hall–Kier alpha value is -2.48. The second-order valence-electron chi connectivity index (χ2n) is 6.89. The zero-order valence-electron chi connectivity index (χ0n) is 16.5. The third-order valence-corrected chi connectivity index (χ3v) is 3.48. The van der Waals surface area contributed by atoms with Crippen LogP contribution in [0, 0.1) is 0 Å². The number of anilines is 2. The maximum atomic E-state index is 12.3. The number of methoxy groups -OCH3 is 2. The zero-order valence-corrected chi connectivity index (χ0v) is 16.5. The standard InChI is InChI=1S/C18H29N3O5/c1-12(11-24-6)21(5)16(22)19-13-8-9-15(25-7)14(10-13)20-17(23)26-18(2,3)4/h8-10,12H,11H2,1-7H3,(H,19,22)(H,20,23)/t12-/m0/s1. The molecule has 1 atom stereocenters. The van der Waals surface area contributed by atoms with Crippen molar-refractivity contribution in [2.45, 2.75) is 39.3 Å². The third kappa shape index (κ3) is 6.79. The van der Waals surface area contributed by atoms with Gasteiger partial charge in [-0.3, -0.25) is 5.32 Å². The minimum absolute atomic E-state index is 0.0855. The molecule has 0 saturated heterocycles. The highest BCUT2D eigenvalue weighted by Gasteiger charge is 2.19. The summed E-state index contributed by atoms with van der Waals surface area (Å²) in [5.41, 5.74) is 0.286. The number of ether oxygens (including phenoxy) is 3. The first-order valence-electron chi connectivity index (χ1n) is 8.28. The number of amides is 3. The summed E-state index contributed by atoms with van der Waals surface area (Å²) in [6, 6.07) is 4.57. The molecule has 0 heterocycles. The Bertz CT molecular complexity index is 628. The van der Waals surface area contributed by atoms with Crippen LogP contribution in [0.2, 0.25) is 0 Å². The Morgan fingerprint density at radius 3 is 2.38 bits per heavy atom. The maximum Gasteiger partial charge on any atom is 0.412 e. The summed E-state index contributed by atoms with van der Waals surface area (Å²) in [7, 11) is 4.76. The van der Waals surface area contributed by atoms with E-state index in [4.69, 9.17) is 14.2 Å². The summed E-state index contributed by atoms with van der Waals surface area (Å²) in [4.78, 5) is 25.9. The van der Waals surface area contributed by atoms with Crippen LogP contribution >= 0.6 is 0 Å². The number of hydrogen-bond acceptors (Lipinski definition) is 5. The highest BCUT2D eigenvalue weighted by Crippen LogP contribution is 2.28. The molecule has 1 aromatic rings. The minimum Gasteiger partial charge on any atom is -0.495 e. The average Bonchev–Trinajstić information content (AvgIpc) is 2.52. The molecule has 146 valence electrons. The lowest BCUT2D eigenvalue weighted by Crippen LogP contribution is -2.40. The fourth-order valence-electron chi connectivity index (χ4n) is 2.06. The van der Waals surface area contributed by atoms with E-state index in [9.17, 15) is 9.59 Å². The van der Waals surface area contributed by atoms with Gasteiger partial charge in [0, 0.05) is 19.8 Å². The molecule has 0 saturated carbocycles. The molecule has 0 aliphatic rings. The summed E-state index contributed by atoms with van der Waals surface area (Å²) >= 11 is 0. The van der Waals surface area contributed by atoms with Crippen molar-refractivity contribution >= 4 is 23.5 Å². The van der Waals surface area contributed by atoms with Gasteiger partial charge >= 0.3 is 12.1 Å². The van der Waals surface area contributed by atoms with Gasteiger partial charge in [-0.25, -0.2) is 9.59 Å². The van der Waals surface area contributed by atoms with Crippen molar-refractivity contribution in [3.63, 3.8) is 0 Å². The molecule has 0 aromatic heterocycles. The van der Waals surface area contributed by atoms with Gasteiger partial charge in [-0.2, -0.15) is 0 Å². The van der Waals surface area contributed by atoms with Gasteiger partial charge in [0.15, 0.2) is 0 Å². The largest absolute Gasteiger partial charge is 0.495 e. The smallest absolute Gasteiger partial charge is 0.412 e. The summed E-state index contributed by atoms with van der Waals surface area (Å²) in [5.74, 6) is 0.454. The van der Waals surface area contributed by atoms with E-state index < -0.39 is 11.7 Å². The summed E-state index contributed by atoms with van der Waals surface area (Å²) < 4.78 is 15.5. The summed E-state index contributed by atoms with van der Waals surface area (Å²) in [6.07, 6.45) is -0.606. The van der Waals surface area contributed by atoms with Crippen molar-refractivity contribution in [2.24, 2.45) is 0 Å².